The maximum absolute atomic E-state index is 14.3. The van der Waals surface area contributed by atoms with Crippen LogP contribution in [-0.2, 0) is 6.54 Å². The van der Waals surface area contributed by atoms with Gasteiger partial charge < -0.3 is 14.6 Å². The predicted molar refractivity (Wildman–Crippen MR) is 160 cm³/mol. The van der Waals surface area contributed by atoms with Crippen molar-refractivity contribution < 1.29 is 13.5 Å². The van der Waals surface area contributed by atoms with Crippen molar-refractivity contribution >= 4 is 39.4 Å². The summed E-state index contributed by atoms with van der Waals surface area (Å²) in [4.78, 5) is 40.2. The SMILES string of the molecule is COc1ccc(Cn2ccc(=O)c3c(NC(C)c4nc5cccc(Cl)c5c(=O)n4-c4cc(F)cc(F)c4)ncnc32)cc1. The first-order chi connectivity index (χ1) is 20.7. The number of halogens is 3. The lowest BCUT2D eigenvalue weighted by atomic mass is 10.2. The molecule has 0 aliphatic heterocycles. The van der Waals surface area contributed by atoms with Gasteiger partial charge in [-0.3, -0.25) is 14.2 Å². The number of nitrogens with zero attached hydrogens (tertiary/aromatic N) is 5. The van der Waals surface area contributed by atoms with Gasteiger partial charge in [0.2, 0.25) is 0 Å². The second-order valence-corrected chi connectivity index (χ2v) is 10.2. The highest BCUT2D eigenvalue weighted by molar-refractivity contribution is 6.35. The van der Waals surface area contributed by atoms with Crippen LogP contribution in [0.2, 0.25) is 5.02 Å². The molecule has 3 aromatic carbocycles. The Bertz CT molecular complexity index is 2110. The van der Waals surface area contributed by atoms with Gasteiger partial charge in [-0.1, -0.05) is 29.8 Å². The molecule has 1 unspecified atom stereocenters. The number of methoxy groups -OCH3 is 1. The monoisotopic (exact) mass is 600 g/mol. The van der Waals surface area contributed by atoms with Gasteiger partial charge in [0.15, 0.2) is 5.43 Å². The average molecular weight is 601 g/mol. The summed E-state index contributed by atoms with van der Waals surface area (Å²) in [7, 11) is 1.59. The van der Waals surface area contributed by atoms with Crippen LogP contribution in [0.25, 0.3) is 27.6 Å². The number of ether oxygens (including phenoxy) is 1. The Kier molecular flexibility index (Phi) is 7.32. The summed E-state index contributed by atoms with van der Waals surface area (Å²) in [5.74, 6) is -0.700. The van der Waals surface area contributed by atoms with E-state index in [9.17, 15) is 18.4 Å². The van der Waals surface area contributed by atoms with Crippen LogP contribution in [0.1, 0.15) is 24.4 Å². The molecule has 12 heteroatoms. The minimum Gasteiger partial charge on any atom is -0.497 e. The predicted octanol–water partition coefficient (Wildman–Crippen LogP) is 5.65. The summed E-state index contributed by atoms with van der Waals surface area (Å²) >= 11 is 6.34. The van der Waals surface area contributed by atoms with Gasteiger partial charge in [0, 0.05) is 24.9 Å². The number of rotatable bonds is 7. The Balaban J connectivity index is 1.47. The highest BCUT2D eigenvalue weighted by Crippen LogP contribution is 2.27. The second-order valence-electron chi connectivity index (χ2n) is 9.82. The highest BCUT2D eigenvalue weighted by Gasteiger charge is 2.22. The Morgan fingerprint density at radius 3 is 2.44 bits per heavy atom. The number of benzene rings is 3. The van der Waals surface area contributed by atoms with E-state index in [0.29, 0.717) is 23.8 Å². The van der Waals surface area contributed by atoms with E-state index in [2.05, 4.69) is 20.3 Å². The van der Waals surface area contributed by atoms with Crippen LogP contribution in [0.15, 0.2) is 88.8 Å². The molecule has 0 saturated carbocycles. The molecule has 216 valence electrons. The first-order valence-corrected chi connectivity index (χ1v) is 13.5. The van der Waals surface area contributed by atoms with Crippen LogP contribution >= 0.6 is 11.6 Å². The van der Waals surface area contributed by atoms with E-state index >= 15 is 0 Å². The van der Waals surface area contributed by atoms with Gasteiger partial charge in [0.05, 0.1) is 34.8 Å². The topological polar surface area (TPSA) is 104 Å². The largest absolute Gasteiger partial charge is 0.497 e. The van der Waals surface area contributed by atoms with Crippen molar-refractivity contribution in [3.8, 4) is 11.4 Å². The number of hydrogen-bond acceptors (Lipinski definition) is 7. The zero-order valence-electron chi connectivity index (χ0n) is 22.9. The molecule has 0 radical (unpaired) electrons. The normalized spacial score (nSPS) is 12.0. The minimum absolute atomic E-state index is 0.0742. The molecule has 0 saturated heterocycles. The van der Waals surface area contributed by atoms with E-state index in [1.807, 2.05) is 28.8 Å². The molecule has 0 amide bonds. The molecule has 0 aliphatic carbocycles. The van der Waals surface area contributed by atoms with Crippen molar-refractivity contribution in [2.24, 2.45) is 0 Å². The van der Waals surface area contributed by atoms with E-state index in [-0.39, 0.29) is 38.6 Å². The molecule has 6 rings (SSSR count). The van der Waals surface area contributed by atoms with E-state index in [1.165, 1.54) is 18.5 Å². The maximum Gasteiger partial charge on any atom is 0.267 e. The molecule has 9 nitrogen and oxygen atoms in total. The number of pyridine rings is 1. The molecule has 1 N–H and O–H groups in total. The van der Waals surface area contributed by atoms with Crippen molar-refractivity contribution in [3.63, 3.8) is 0 Å². The van der Waals surface area contributed by atoms with Crippen molar-refractivity contribution in [3.05, 3.63) is 128 Å². The molecule has 0 spiro atoms. The third-order valence-corrected chi connectivity index (χ3v) is 7.30. The van der Waals surface area contributed by atoms with Crippen molar-refractivity contribution in [1.29, 1.82) is 0 Å². The molecule has 1 atom stereocenters. The number of aromatic nitrogens is 5. The lowest BCUT2D eigenvalue weighted by Crippen LogP contribution is -2.28. The fourth-order valence-electron chi connectivity index (χ4n) is 4.98. The van der Waals surface area contributed by atoms with Crippen LogP contribution in [0.3, 0.4) is 0 Å². The van der Waals surface area contributed by atoms with E-state index < -0.39 is 23.2 Å². The fraction of sp³-hybridized carbons (Fsp3) is 0.129. The maximum atomic E-state index is 14.3. The molecule has 3 heterocycles. The van der Waals surface area contributed by atoms with Crippen molar-refractivity contribution in [1.82, 2.24) is 24.1 Å². The number of nitrogens with one attached hydrogen (secondary N) is 1. The summed E-state index contributed by atoms with van der Waals surface area (Å²) in [5, 5.41) is 3.63. The van der Waals surface area contributed by atoms with E-state index in [4.69, 9.17) is 16.3 Å². The van der Waals surface area contributed by atoms with Crippen LogP contribution < -0.4 is 21.0 Å². The summed E-state index contributed by atoms with van der Waals surface area (Å²) in [6, 6.07) is 15.7. The smallest absolute Gasteiger partial charge is 0.267 e. The standard InChI is InChI=1S/C31H23ClF2N6O3/c1-17(29-38-24-5-3-4-23(32)26(24)31(42)40(29)21-13-19(33)12-20(34)14-21)37-28-27-25(41)10-11-39(30(27)36-16-35-28)15-18-6-8-22(43-2)9-7-18/h3-14,16-17H,15H2,1-2H3,(H,35,36,37). The third kappa shape index (κ3) is 5.30. The molecular formula is C31H23ClF2N6O3. The Hall–Kier alpha value is -5.16. The molecule has 6 aromatic rings. The van der Waals surface area contributed by atoms with Crippen molar-refractivity contribution in [2.45, 2.75) is 19.5 Å². The first kappa shape index (κ1) is 28.0. The third-order valence-electron chi connectivity index (χ3n) is 6.98. The molecule has 0 aliphatic rings. The van der Waals surface area contributed by atoms with Gasteiger partial charge in [-0.05, 0) is 48.9 Å². The Labute approximate surface area is 248 Å². The number of fused-ring (bicyclic) bond motifs is 2. The van der Waals surface area contributed by atoms with Crippen LogP contribution in [0.5, 0.6) is 5.75 Å². The van der Waals surface area contributed by atoms with Gasteiger partial charge in [-0.2, -0.15) is 0 Å². The first-order valence-electron chi connectivity index (χ1n) is 13.1. The Morgan fingerprint density at radius 1 is 0.977 bits per heavy atom. The van der Waals surface area contributed by atoms with Gasteiger partial charge >= 0.3 is 0 Å². The summed E-state index contributed by atoms with van der Waals surface area (Å²) in [6.45, 7) is 2.11. The van der Waals surface area contributed by atoms with Crippen LogP contribution in [0.4, 0.5) is 14.6 Å². The Morgan fingerprint density at radius 2 is 1.72 bits per heavy atom. The summed E-state index contributed by atoms with van der Waals surface area (Å²) in [5.41, 5.74) is 0.629. The van der Waals surface area contributed by atoms with Gasteiger partial charge in [0.1, 0.15) is 46.4 Å². The minimum atomic E-state index is -0.869. The molecular weight excluding hydrogens is 578 g/mol. The van der Waals surface area contributed by atoms with Crippen LogP contribution in [-0.4, -0.2) is 31.2 Å². The zero-order chi connectivity index (χ0) is 30.2. The van der Waals surface area contributed by atoms with Gasteiger partial charge in [0.25, 0.3) is 5.56 Å². The van der Waals surface area contributed by atoms with Crippen molar-refractivity contribution in [2.75, 3.05) is 12.4 Å². The highest BCUT2D eigenvalue weighted by atomic mass is 35.5. The van der Waals surface area contributed by atoms with E-state index in [0.717, 1.165) is 28.0 Å². The van der Waals surface area contributed by atoms with E-state index in [1.54, 1.807) is 32.4 Å². The number of hydrogen-bond donors (Lipinski definition) is 1. The lowest BCUT2D eigenvalue weighted by Gasteiger charge is -2.21. The molecule has 0 fully saturated rings. The quantitative estimate of drug-likeness (QED) is 0.252. The van der Waals surface area contributed by atoms with Gasteiger partial charge in [-0.25, -0.2) is 23.7 Å². The molecule has 3 aromatic heterocycles. The zero-order valence-corrected chi connectivity index (χ0v) is 23.6. The lowest BCUT2D eigenvalue weighted by molar-refractivity contribution is 0.414. The fourth-order valence-corrected chi connectivity index (χ4v) is 5.23. The summed E-state index contributed by atoms with van der Waals surface area (Å²) < 4.78 is 36.7. The second kappa shape index (κ2) is 11.3. The number of anilines is 1. The van der Waals surface area contributed by atoms with Crippen LogP contribution in [0, 0.1) is 11.6 Å². The average Bonchev–Trinajstić information content (AvgIpc) is 2.98. The summed E-state index contributed by atoms with van der Waals surface area (Å²) in [6.07, 6.45) is 2.98. The molecule has 43 heavy (non-hydrogen) atoms. The van der Waals surface area contributed by atoms with Gasteiger partial charge in [-0.15, -0.1) is 0 Å². The molecule has 0 bridgehead atoms.